The number of methoxy groups -OCH3 is 1. The smallest absolute Gasteiger partial charge is 0.309 e. The molecule has 1 heterocycles. The Hall–Kier alpha value is -1.88. The summed E-state index contributed by atoms with van der Waals surface area (Å²) in [4.78, 5) is 25.5. The largest absolute Gasteiger partial charge is 0.497 e. The molecule has 3 fully saturated rings. The van der Waals surface area contributed by atoms with E-state index < -0.39 is 11.0 Å². The summed E-state index contributed by atoms with van der Waals surface area (Å²) in [5, 5.41) is 3.63. The summed E-state index contributed by atoms with van der Waals surface area (Å²) in [7, 11) is 1.67. The number of nitrogens with one attached hydrogen (secondary N) is 1. The van der Waals surface area contributed by atoms with E-state index in [-0.39, 0.29) is 23.7 Å². The highest BCUT2D eigenvalue weighted by Crippen LogP contribution is 2.58. The molecule has 3 aliphatic carbocycles. The highest BCUT2D eigenvalue weighted by atomic mass is 16.6. The van der Waals surface area contributed by atoms with E-state index in [0.717, 1.165) is 50.0 Å². The van der Waals surface area contributed by atoms with Gasteiger partial charge < -0.3 is 14.8 Å². The Morgan fingerprint density at radius 2 is 2.11 bits per heavy atom. The summed E-state index contributed by atoms with van der Waals surface area (Å²) >= 11 is 0. The van der Waals surface area contributed by atoms with Gasteiger partial charge in [-0.25, -0.2) is 0 Å². The summed E-state index contributed by atoms with van der Waals surface area (Å²) in [5.41, 5.74) is 1.36. The molecule has 27 heavy (non-hydrogen) atoms. The predicted molar refractivity (Wildman–Crippen MR) is 99.8 cm³/mol. The maximum atomic E-state index is 12.9. The number of esters is 1. The molecule has 0 radical (unpaired) electrons. The van der Waals surface area contributed by atoms with Crippen LogP contribution in [0.2, 0.25) is 0 Å². The molecule has 0 spiro atoms. The van der Waals surface area contributed by atoms with E-state index in [1.807, 2.05) is 6.07 Å². The first-order valence-corrected chi connectivity index (χ1v) is 10.2. The third kappa shape index (κ3) is 2.33. The van der Waals surface area contributed by atoms with Crippen molar-refractivity contribution < 1.29 is 19.1 Å². The molecule has 3 atom stereocenters. The lowest BCUT2D eigenvalue weighted by atomic mass is 9.49. The molecule has 1 aromatic carbocycles. The maximum Gasteiger partial charge on any atom is 0.309 e. The molecule has 0 unspecified atom stereocenters. The summed E-state index contributed by atoms with van der Waals surface area (Å²) in [5.74, 6) is 1.07. The van der Waals surface area contributed by atoms with Crippen LogP contribution in [-0.2, 0) is 26.2 Å². The molecule has 2 saturated carbocycles. The van der Waals surface area contributed by atoms with Crippen molar-refractivity contribution in [1.29, 1.82) is 0 Å². The van der Waals surface area contributed by atoms with Crippen LogP contribution in [-0.4, -0.2) is 37.0 Å². The number of carbonyl (C=O) groups is 2. The average molecular weight is 369 g/mol. The normalized spacial score (nSPS) is 34.9. The lowest BCUT2D eigenvalue weighted by molar-refractivity contribution is -0.198. The van der Waals surface area contributed by atoms with Crippen molar-refractivity contribution in [2.75, 3.05) is 13.7 Å². The zero-order chi connectivity index (χ0) is 18.6. The molecule has 1 saturated heterocycles. The Bertz CT molecular complexity index is 802. The molecule has 5 heteroatoms. The Morgan fingerprint density at radius 3 is 2.85 bits per heavy atom. The van der Waals surface area contributed by atoms with Crippen molar-refractivity contribution >= 4 is 11.8 Å². The van der Waals surface area contributed by atoms with Crippen LogP contribution in [0.25, 0.3) is 0 Å². The summed E-state index contributed by atoms with van der Waals surface area (Å²) in [6.45, 7) is 0.845. The van der Waals surface area contributed by atoms with Gasteiger partial charge in [0.25, 0.3) is 0 Å². The van der Waals surface area contributed by atoms with E-state index in [2.05, 4.69) is 17.4 Å². The van der Waals surface area contributed by atoms with E-state index in [4.69, 9.17) is 9.47 Å². The van der Waals surface area contributed by atoms with E-state index in [1.54, 1.807) is 7.11 Å². The highest BCUT2D eigenvalue weighted by Gasteiger charge is 2.66. The van der Waals surface area contributed by atoms with Crippen LogP contribution < -0.4 is 10.1 Å². The van der Waals surface area contributed by atoms with Crippen molar-refractivity contribution in [3.8, 4) is 5.75 Å². The number of hydrogen-bond acceptors (Lipinski definition) is 5. The van der Waals surface area contributed by atoms with Gasteiger partial charge in [0.05, 0.1) is 19.1 Å². The number of fused-ring (bicyclic) bond motifs is 1. The minimum atomic E-state index is -0.620. The summed E-state index contributed by atoms with van der Waals surface area (Å²) in [6.07, 6.45) is 6.20. The third-order valence-corrected chi connectivity index (χ3v) is 7.57. The fraction of sp³-hybridized carbons (Fsp3) is 0.636. The van der Waals surface area contributed by atoms with Gasteiger partial charge in [-0.05, 0) is 61.9 Å². The molecule has 1 N–H and O–H groups in total. The Balaban J connectivity index is 1.65. The van der Waals surface area contributed by atoms with Gasteiger partial charge in [-0.15, -0.1) is 0 Å². The number of benzene rings is 1. The number of hydrogen-bond donors (Lipinski definition) is 1. The Morgan fingerprint density at radius 1 is 1.26 bits per heavy atom. The van der Waals surface area contributed by atoms with Crippen LogP contribution in [0.15, 0.2) is 18.2 Å². The zero-order valence-corrected chi connectivity index (χ0v) is 15.9. The quantitative estimate of drug-likeness (QED) is 0.830. The minimum absolute atomic E-state index is 0.0430. The van der Waals surface area contributed by atoms with E-state index in [0.29, 0.717) is 19.3 Å². The molecule has 4 aliphatic rings. The molecule has 1 aromatic rings. The van der Waals surface area contributed by atoms with Gasteiger partial charge in [0.15, 0.2) is 0 Å². The number of piperidine rings is 1. The third-order valence-electron chi connectivity index (χ3n) is 7.57. The molecular formula is C22H27NO4. The fourth-order valence-electron chi connectivity index (χ4n) is 5.92. The zero-order valence-electron chi connectivity index (χ0n) is 15.9. The number of ether oxygens (including phenoxy) is 2. The molecular weight excluding hydrogens is 342 g/mol. The molecule has 2 bridgehead atoms. The van der Waals surface area contributed by atoms with Crippen LogP contribution in [0.3, 0.4) is 0 Å². The SMILES string of the molecule is COc1ccc2c(c1)[C@]13CCN[C@H](C2)[C@]1(OC(=O)C1CCC1)CCC(=O)C3. The second kappa shape index (κ2) is 6.06. The summed E-state index contributed by atoms with van der Waals surface area (Å²) < 4.78 is 11.9. The summed E-state index contributed by atoms with van der Waals surface area (Å²) in [6, 6.07) is 6.27. The predicted octanol–water partition coefficient (Wildman–Crippen LogP) is 2.69. The lowest BCUT2D eigenvalue weighted by Gasteiger charge is -2.62. The van der Waals surface area contributed by atoms with E-state index >= 15 is 0 Å². The van der Waals surface area contributed by atoms with Crippen molar-refractivity contribution in [2.24, 2.45) is 5.92 Å². The number of rotatable bonds is 3. The molecule has 5 nitrogen and oxygen atoms in total. The second-order valence-corrected chi connectivity index (χ2v) is 8.72. The van der Waals surface area contributed by atoms with Crippen molar-refractivity contribution in [3.05, 3.63) is 29.3 Å². The first-order chi connectivity index (χ1) is 13.1. The lowest BCUT2D eigenvalue weighted by Crippen LogP contribution is -2.74. The molecule has 0 amide bonds. The fourth-order valence-corrected chi connectivity index (χ4v) is 5.92. The standard InChI is InChI=1S/C22H27NO4/c1-26-17-6-5-15-11-19-22(27-20(25)14-3-2-4-14)8-7-16(24)13-21(22,9-10-23-19)18(15)12-17/h5-6,12,14,19,23H,2-4,7-11,13H2,1H3/t19-,21-,22-/m1/s1. The van der Waals surface area contributed by atoms with Crippen molar-refractivity contribution in [3.63, 3.8) is 0 Å². The molecule has 1 aliphatic heterocycles. The second-order valence-electron chi connectivity index (χ2n) is 8.72. The van der Waals surface area contributed by atoms with Crippen LogP contribution in [0.1, 0.15) is 56.1 Å². The monoisotopic (exact) mass is 369 g/mol. The Labute approximate surface area is 159 Å². The average Bonchev–Trinajstić information content (AvgIpc) is 2.60. The molecule has 144 valence electrons. The highest BCUT2D eigenvalue weighted by molar-refractivity contribution is 5.83. The topological polar surface area (TPSA) is 64.6 Å². The van der Waals surface area contributed by atoms with Gasteiger partial charge in [-0.1, -0.05) is 12.5 Å². The molecule has 0 aromatic heterocycles. The van der Waals surface area contributed by atoms with E-state index in [9.17, 15) is 9.59 Å². The minimum Gasteiger partial charge on any atom is -0.497 e. The maximum absolute atomic E-state index is 12.9. The van der Waals surface area contributed by atoms with Gasteiger partial charge in [0, 0.05) is 18.3 Å². The number of carbonyl (C=O) groups excluding carboxylic acids is 2. The van der Waals surface area contributed by atoms with Crippen LogP contribution in [0.5, 0.6) is 5.75 Å². The number of ketones is 1. The van der Waals surface area contributed by atoms with Crippen LogP contribution >= 0.6 is 0 Å². The van der Waals surface area contributed by atoms with Gasteiger partial charge in [0.2, 0.25) is 0 Å². The van der Waals surface area contributed by atoms with Gasteiger partial charge in [-0.2, -0.15) is 0 Å². The van der Waals surface area contributed by atoms with E-state index in [1.165, 1.54) is 5.56 Å². The van der Waals surface area contributed by atoms with Crippen molar-refractivity contribution in [1.82, 2.24) is 5.32 Å². The first-order valence-electron chi connectivity index (χ1n) is 10.2. The van der Waals surface area contributed by atoms with Crippen LogP contribution in [0, 0.1) is 5.92 Å². The molecule has 5 rings (SSSR count). The first kappa shape index (κ1) is 17.2. The van der Waals surface area contributed by atoms with Gasteiger partial charge in [-0.3, -0.25) is 9.59 Å². The van der Waals surface area contributed by atoms with Gasteiger partial charge >= 0.3 is 5.97 Å². The van der Waals surface area contributed by atoms with Gasteiger partial charge in [0.1, 0.15) is 17.1 Å². The van der Waals surface area contributed by atoms with Crippen molar-refractivity contribution in [2.45, 2.75) is 68.4 Å². The van der Waals surface area contributed by atoms with Crippen LogP contribution in [0.4, 0.5) is 0 Å². The Kier molecular flexibility index (Phi) is 3.87. The number of Topliss-reactive ketones (excluding diaryl/α,β-unsaturated/α-hetero) is 1.